The molecule has 3 nitrogen and oxygen atoms in total. The number of hydrogen-bond donors (Lipinski definition) is 0. The van der Waals surface area contributed by atoms with E-state index in [0.717, 1.165) is 38.3 Å². The molecule has 1 heterocycles. The molecule has 0 bridgehead atoms. The molecule has 0 unspecified atom stereocenters. The van der Waals surface area contributed by atoms with Crippen molar-refractivity contribution in [1.29, 1.82) is 0 Å². The summed E-state index contributed by atoms with van der Waals surface area (Å²) in [6.45, 7) is 11.3. The molecule has 0 atom stereocenters. The van der Waals surface area contributed by atoms with Crippen LogP contribution in [0.3, 0.4) is 0 Å². The Labute approximate surface area is 99.1 Å². The number of likely N-dealkylation sites (tertiary alicyclic amines) is 1. The first-order valence-electron chi connectivity index (χ1n) is 6.19. The Hall–Kier alpha value is -0.730. The zero-order valence-corrected chi connectivity index (χ0v) is 10.8. The molecule has 0 aromatic carbocycles. The quantitative estimate of drug-likeness (QED) is 0.723. The third kappa shape index (κ3) is 4.42. The van der Waals surface area contributed by atoms with Crippen molar-refractivity contribution in [1.82, 2.24) is 4.90 Å². The summed E-state index contributed by atoms with van der Waals surface area (Å²) in [5.74, 6) is 0.746. The second kappa shape index (κ2) is 5.55. The van der Waals surface area contributed by atoms with Crippen LogP contribution in [0.5, 0.6) is 0 Å². The fourth-order valence-corrected chi connectivity index (χ4v) is 2.02. The van der Waals surface area contributed by atoms with Crippen molar-refractivity contribution in [2.75, 3.05) is 13.1 Å². The predicted octanol–water partition coefficient (Wildman–Crippen LogP) is 3.25. The summed E-state index contributed by atoms with van der Waals surface area (Å²) in [5, 5.41) is 0. The van der Waals surface area contributed by atoms with Crippen LogP contribution in [-0.4, -0.2) is 29.7 Å². The maximum Gasteiger partial charge on any atom is 0.410 e. The van der Waals surface area contributed by atoms with Crippen molar-refractivity contribution >= 4 is 6.09 Å². The first-order chi connectivity index (χ1) is 7.42. The van der Waals surface area contributed by atoms with Crippen LogP contribution in [0.4, 0.5) is 4.79 Å². The average Bonchev–Trinajstić information content (AvgIpc) is 2.16. The number of piperidine rings is 1. The number of hydrogen-bond acceptors (Lipinski definition) is 2. The lowest BCUT2D eigenvalue weighted by Crippen LogP contribution is -2.41. The van der Waals surface area contributed by atoms with Crippen molar-refractivity contribution in [2.45, 2.75) is 52.1 Å². The summed E-state index contributed by atoms with van der Waals surface area (Å²) in [6.07, 6.45) is 4.20. The van der Waals surface area contributed by atoms with E-state index in [1.807, 2.05) is 25.7 Å². The predicted molar refractivity (Wildman–Crippen MR) is 65.1 cm³/mol. The maximum absolute atomic E-state index is 11.8. The van der Waals surface area contributed by atoms with E-state index in [4.69, 9.17) is 4.74 Å². The summed E-state index contributed by atoms with van der Waals surface area (Å²) in [6, 6.07) is 0. The molecule has 16 heavy (non-hydrogen) atoms. The average molecular weight is 226 g/mol. The molecule has 0 aromatic rings. The van der Waals surface area contributed by atoms with Crippen molar-refractivity contribution in [2.24, 2.45) is 5.92 Å². The van der Waals surface area contributed by atoms with Gasteiger partial charge in [0.1, 0.15) is 5.60 Å². The molecule has 1 rings (SSSR count). The molecule has 0 aromatic heterocycles. The Morgan fingerprint density at radius 2 is 1.94 bits per heavy atom. The van der Waals surface area contributed by atoms with Crippen LogP contribution < -0.4 is 0 Å². The third-order valence-corrected chi connectivity index (χ3v) is 2.88. The van der Waals surface area contributed by atoms with Crippen LogP contribution in [0.25, 0.3) is 0 Å². The Balaban J connectivity index is 2.33. The second-order valence-corrected chi connectivity index (χ2v) is 5.55. The van der Waals surface area contributed by atoms with Crippen LogP contribution in [0.15, 0.2) is 0 Å². The molecule has 1 amide bonds. The van der Waals surface area contributed by atoms with Gasteiger partial charge in [0, 0.05) is 13.1 Å². The van der Waals surface area contributed by atoms with Crippen LogP contribution in [0.2, 0.25) is 0 Å². The highest BCUT2D eigenvalue weighted by Gasteiger charge is 2.26. The van der Waals surface area contributed by atoms with Gasteiger partial charge < -0.3 is 9.64 Å². The summed E-state index contributed by atoms with van der Waals surface area (Å²) < 4.78 is 5.35. The molecular formula is C13H24NO2. The molecule has 0 spiro atoms. The fraction of sp³-hybridized carbons (Fsp3) is 0.846. The second-order valence-electron chi connectivity index (χ2n) is 5.55. The minimum absolute atomic E-state index is 0.166. The van der Waals surface area contributed by atoms with E-state index in [9.17, 15) is 4.79 Å². The van der Waals surface area contributed by atoms with Crippen molar-refractivity contribution in [3.63, 3.8) is 0 Å². The topological polar surface area (TPSA) is 29.5 Å². The normalized spacial score (nSPS) is 18.6. The number of rotatable bonds is 2. The van der Waals surface area contributed by atoms with Gasteiger partial charge in [-0.2, -0.15) is 0 Å². The van der Waals surface area contributed by atoms with Crippen molar-refractivity contribution in [3.05, 3.63) is 6.92 Å². The summed E-state index contributed by atoms with van der Waals surface area (Å²) in [4.78, 5) is 13.6. The van der Waals surface area contributed by atoms with E-state index in [-0.39, 0.29) is 11.7 Å². The maximum atomic E-state index is 11.8. The van der Waals surface area contributed by atoms with Gasteiger partial charge in [-0.05, 0) is 39.5 Å². The van der Waals surface area contributed by atoms with Gasteiger partial charge in [-0.3, -0.25) is 0 Å². The van der Waals surface area contributed by atoms with Gasteiger partial charge in [-0.1, -0.05) is 19.8 Å². The largest absolute Gasteiger partial charge is 0.444 e. The van der Waals surface area contributed by atoms with Crippen molar-refractivity contribution < 1.29 is 9.53 Å². The number of nitrogens with zero attached hydrogens (tertiary/aromatic N) is 1. The Kier molecular flexibility index (Phi) is 4.63. The Morgan fingerprint density at radius 1 is 1.38 bits per heavy atom. The third-order valence-electron chi connectivity index (χ3n) is 2.88. The summed E-state index contributed by atoms with van der Waals surface area (Å²) >= 11 is 0. The lowest BCUT2D eigenvalue weighted by atomic mass is 9.93. The molecule has 1 radical (unpaired) electrons. The van der Waals surface area contributed by atoms with E-state index >= 15 is 0 Å². The molecule has 1 fully saturated rings. The van der Waals surface area contributed by atoms with Gasteiger partial charge in [-0.15, -0.1) is 0 Å². The van der Waals surface area contributed by atoms with Gasteiger partial charge in [-0.25, -0.2) is 4.79 Å². The van der Waals surface area contributed by atoms with Crippen LogP contribution in [0, 0.1) is 12.8 Å². The molecule has 1 aliphatic rings. The molecule has 0 N–H and O–H groups in total. The van der Waals surface area contributed by atoms with Crippen LogP contribution >= 0.6 is 0 Å². The minimum Gasteiger partial charge on any atom is -0.444 e. The van der Waals surface area contributed by atoms with Gasteiger partial charge in [0.2, 0.25) is 0 Å². The van der Waals surface area contributed by atoms with Gasteiger partial charge in [0.15, 0.2) is 0 Å². The molecule has 0 aliphatic carbocycles. The first-order valence-corrected chi connectivity index (χ1v) is 6.19. The zero-order valence-electron chi connectivity index (χ0n) is 10.8. The Morgan fingerprint density at radius 3 is 2.38 bits per heavy atom. The van der Waals surface area contributed by atoms with E-state index in [0.29, 0.717) is 0 Å². The summed E-state index contributed by atoms with van der Waals surface area (Å²) in [7, 11) is 0. The van der Waals surface area contributed by atoms with E-state index in [2.05, 4.69) is 6.92 Å². The number of amides is 1. The van der Waals surface area contributed by atoms with E-state index in [1.165, 1.54) is 6.42 Å². The smallest absolute Gasteiger partial charge is 0.410 e. The van der Waals surface area contributed by atoms with Gasteiger partial charge in [0.25, 0.3) is 0 Å². The minimum atomic E-state index is -0.388. The highest BCUT2D eigenvalue weighted by molar-refractivity contribution is 5.68. The summed E-state index contributed by atoms with van der Waals surface area (Å²) in [5.41, 5.74) is -0.388. The van der Waals surface area contributed by atoms with Crippen molar-refractivity contribution in [3.8, 4) is 0 Å². The van der Waals surface area contributed by atoms with E-state index < -0.39 is 0 Å². The van der Waals surface area contributed by atoms with Gasteiger partial charge >= 0.3 is 6.09 Å². The van der Waals surface area contributed by atoms with Gasteiger partial charge in [0.05, 0.1) is 0 Å². The lowest BCUT2D eigenvalue weighted by Gasteiger charge is -2.33. The standard InChI is InChI=1S/C13H24NO2/c1-5-6-11-7-9-14(10-8-11)12(15)16-13(2,3)4/h11H,1,5-10H2,2-4H3. The molecule has 1 aliphatic heterocycles. The SMILES string of the molecule is [CH2]CCC1CCN(C(=O)OC(C)(C)C)CC1. The zero-order chi connectivity index (χ0) is 12.2. The fourth-order valence-electron chi connectivity index (χ4n) is 2.02. The number of carbonyl (C=O) groups excluding carboxylic acids is 1. The highest BCUT2D eigenvalue weighted by atomic mass is 16.6. The molecular weight excluding hydrogens is 202 g/mol. The highest BCUT2D eigenvalue weighted by Crippen LogP contribution is 2.22. The molecule has 0 saturated carbocycles. The monoisotopic (exact) mass is 226 g/mol. The van der Waals surface area contributed by atoms with E-state index in [1.54, 1.807) is 0 Å². The molecule has 93 valence electrons. The van der Waals surface area contributed by atoms with Crippen LogP contribution in [-0.2, 0) is 4.74 Å². The Bertz CT molecular complexity index is 225. The number of ether oxygens (including phenoxy) is 1. The molecule has 1 saturated heterocycles. The first kappa shape index (κ1) is 13.3. The lowest BCUT2D eigenvalue weighted by molar-refractivity contribution is 0.0181. The van der Waals surface area contributed by atoms with Crippen LogP contribution in [0.1, 0.15) is 46.5 Å². The molecule has 3 heteroatoms. The number of carbonyl (C=O) groups is 1.